The molecule has 6 heteroatoms. The van der Waals surface area contributed by atoms with Crippen LogP contribution >= 0.6 is 0 Å². The lowest BCUT2D eigenvalue weighted by Gasteiger charge is -2.31. The van der Waals surface area contributed by atoms with Gasteiger partial charge in [0.15, 0.2) is 6.29 Å². The Morgan fingerprint density at radius 3 is 2.59 bits per heavy atom. The average molecular weight is 302 g/mol. The Bertz CT molecular complexity index is 740. The lowest BCUT2D eigenvalue weighted by atomic mass is 9.93. The minimum atomic E-state index is -0.938. The van der Waals surface area contributed by atoms with Gasteiger partial charge in [-0.25, -0.2) is 0 Å². The van der Waals surface area contributed by atoms with Gasteiger partial charge in [-0.3, -0.25) is 4.79 Å². The molecule has 0 radical (unpaired) electrons. The number of benzene rings is 2. The molecule has 0 aromatic heterocycles. The van der Waals surface area contributed by atoms with E-state index in [9.17, 15) is 25.2 Å². The number of phenolic OH excluding ortho intramolecular Hbond substituents is 3. The predicted octanol–water partition coefficient (Wildman–Crippen LogP) is 1.65. The van der Waals surface area contributed by atoms with Crippen molar-refractivity contribution in [2.45, 2.75) is 18.6 Å². The number of aldehydes is 1. The molecule has 2 atom stereocenters. The fourth-order valence-corrected chi connectivity index (χ4v) is 2.59. The molecular weight excluding hydrogens is 288 g/mol. The Labute approximate surface area is 125 Å². The van der Waals surface area contributed by atoms with Gasteiger partial charge in [0, 0.05) is 24.1 Å². The highest BCUT2D eigenvalue weighted by Crippen LogP contribution is 2.42. The molecule has 0 aliphatic carbocycles. The summed E-state index contributed by atoms with van der Waals surface area (Å²) in [5, 5.41) is 39.1. The summed E-state index contributed by atoms with van der Waals surface area (Å²) in [5.74, 6) is -0.175. The zero-order valence-corrected chi connectivity index (χ0v) is 11.4. The van der Waals surface area contributed by atoms with Crippen LogP contribution in [0, 0.1) is 0 Å². The number of phenols is 3. The Kier molecular flexibility index (Phi) is 3.38. The highest BCUT2D eigenvalue weighted by molar-refractivity contribution is 5.79. The third kappa shape index (κ3) is 2.33. The Morgan fingerprint density at radius 2 is 1.86 bits per heavy atom. The van der Waals surface area contributed by atoms with Crippen LogP contribution in [0.1, 0.15) is 27.6 Å². The number of aromatic hydroxyl groups is 3. The van der Waals surface area contributed by atoms with Crippen LogP contribution in [0.15, 0.2) is 30.3 Å². The minimum Gasteiger partial charge on any atom is -0.508 e. The summed E-state index contributed by atoms with van der Waals surface area (Å²) in [6.45, 7) is 0. The van der Waals surface area contributed by atoms with E-state index in [1.807, 2.05) is 0 Å². The van der Waals surface area contributed by atoms with Crippen molar-refractivity contribution < 1.29 is 30.0 Å². The fourth-order valence-electron chi connectivity index (χ4n) is 2.59. The lowest BCUT2D eigenvalue weighted by molar-refractivity contribution is 0.0197. The smallest absolute Gasteiger partial charge is 0.153 e. The van der Waals surface area contributed by atoms with Gasteiger partial charge in [0.05, 0.1) is 11.7 Å². The molecule has 22 heavy (non-hydrogen) atoms. The minimum absolute atomic E-state index is 0.0952. The van der Waals surface area contributed by atoms with E-state index in [1.165, 1.54) is 24.3 Å². The maximum absolute atomic E-state index is 10.9. The van der Waals surface area contributed by atoms with Crippen LogP contribution in [0.5, 0.6) is 23.0 Å². The second-order valence-corrected chi connectivity index (χ2v) is 5.19. The zero-order chi connectivity index (χ0) is 15.9. The van der Waals surface area contributed by atoms with Crippen LogP contribution in [0.2, 0.25) is 0 Å². The highest BCUT2D eigenvalue weighted by atomic mass is 16.5. The van der Waals surface area contributed by atoms with E-state index in [-0.39, 0.29) is 35.0 Å². The molecule has 2 aromatic carbocycles. The van der Waals surface area contributed by atoms with Crippen LogP contribution in [-0.4, -0.2) is 32.8 Å². The number of hydrogen-bond acceptors (Lipinski definition) is 6. The van der Waals surface area contributed by atoms with Gasteiger partial charge >= 0.3 is 0 Å². The first-order chi connectivity index (χ1) is 10.5. The van der Waals surface area contributed by atoms with E-state index in [0.717, 1.165) is 0 Å². The highest BCUT2D eigenvalue weighted by Gasteiger charge is 2.32. The van der Waals surface area contributed by atoms with Crippen LogP contribution < -0.4 is 4.74 Å². The fraction of sp³-hybridized carbons (Fsp3) is 0.188. The molecule has 1 aliphatic rings. The molecule has 0 saturated heterocycles. The molecule has 6 nitrogen and oxygen atoms in total. The number of ether oxygens (including phenoxy) is 1. The van der Waals surface area contributed by atoms with Crippen LogP contribution in [0.25, 0.3) is 0 Å². The number of hydrogen-bond donors (Lipinski definition) is 4. The van der Waals surface area contributed by atoms with E-state index in [1.54, 1.807) is 6.07 Å². The summed E-state index contributed by atoms with van der Waals surface area (Å²) in [7, 11) is 0. The van der Waals surface area contributed by atoms with Crippen molar-refractivity contribution in [2.75, 3.05) is 0 Å². The first kappa shape index (κ1) is 14.2. The number of fused-ring (bicyclic) bond motifs is 1. The Morgan fingerprint density at radius 1 is 1.09 bits per heavy atom. The van der Waals surface area contributed by atoms with Gasteiger partial charge in [0.1, 0.15) is 29.1 Å². The maximum Gasteiger partial charge on any atom is 0.153 e. The Balaban J connectivity index is 2.01. The SMILES string of the molecule is O=Cc1cc(C2Oc3cc(O)cc(O)c3CC2O)ccc1O. The molecule has 1 aliphatic heterocycles. The number of aliphatic hydroxyl groups is 1. The summed E-state index contributed by atoms with van der Waals surface area (Å²) < 4.78 is 5.66. The molecular formula is C16H14O6. The van der Waals surface area contributed by atoms with Crippen molar-refractivity contribution in [2.24, 2.45) is 0 Å². The molecule has 1 heterocycles. The summed E-state index contributed by atoms with van der Waals surface area (Å²) in [4.78, 5) is 10.9. The summed E-state index contributed by atoms with van der Waals surface area (Å²) >= 11 is 0. The molecule has 0 spiro atoms. The molecule has 2 aromatic rings. The van der Waals surface area contributed by atoms with Crippen molar-refractivity contribution in [3.63, 3.8) is 0 Å². The molecule has 114 valence electrons. The van der Waals surface area contributed by atoms with Gasteiger partial charge in [0.25, 0.3) is 0 Å². The number of rotatable bonds is 2. The van der Waals surface area contributed by atoms with Crippen molar-refractivity contribution in [3.8, 4) is 23.0 Å². The van der Waals surface area contributed by atoms with E-state index >= 15 is 0 Å². The van der Waals surface area contributed by atoms with E-state index in [4.69, 9.17) is 4.74 Å². The quantitative estimate of drug-likeness (QED) is 0.628. The first-order valence-corrected chi connectivity index (χ1v) is 6.67. The maximum atomic E-state index is 10.9. The van der Waals surface area contributed by atoms with Crippen LogP contribution in [-0.2, 0) is 6.42 Å². The molecule has 0 amide bonds. The molecule has 0 fully saturated rings. The Hall–Kier alpha value is -2.73. The third-order valence-electron chi connectivity index (χ3n) is 3.69. The predicted molar refractivity (Wildman–Crippen MR) is 76.3 cm³/mol. The van der Waals surface area contributed by atoms with Crippen molar-refractivity contribution in [1.82, 2.24) is 0 Å². The normalized spacial score (nSPS) is 20.0. The van der Waals surface area contributed by atoms with Crippen LogP contribution in [0.3, 0.4) is 0 Å². The van der Waals surface area contributed by atoms with Gasteiger partial charge in [0.2, 0.25) is 0 Å². The largest absolute Gasteiger partial charge is 0.508 e. The first-order valence-electron chi connectivity index (χ1n) is 6.67. The monoisotopic (exact) mass is 302 g/mol. The van der Waals surface area contributed by atoms with Crippen molar-refractivity contribution in [3.05, 3.63) is 47.0 Å². The van der Waals surface area contributed by atoms with E-state index in [2.05, 4.69) is 0 Å². The topological polar surface area (TPSA) is 107 Å². The van der Waals surface area contributed by atoms with Crippen molar-refractivity contribution in [1.29, 1.82) is 0 Å². The zero-order valence-electron chi connectivity index (χ0n) is 11.4. The van der Waals surface area contributed by atoms with Gasteiger partial charge in [-0.05, 0) is 17.7 Å². The number of aliphatic hydroxyl groups excluding tert-OH is 1. The number of carbonyl (C=O) groups excluding carboxylic acids is 1. The van der Waals surface area contributed by atoms with Gasteiger partial charge in [-0.1, -0.05) is 6.07 Å². The third-order valence-corrected chi connectivity index (χ3v) is 3.69. The summed E-state index contributed by atoms with van der Waals surface area (Å²) in [6, 6.07) is 6.87. The van der Waals surface area contributed by atoms with Crippen LogP contribution in [0.4, 0.5) is 0 Å². The van der Waals surface area contributed by atoms with E-state index in [0.29, 0.717) is 17.4 Å². The second kappa shape index (κ2) is 5.23. The molecule has 3 rings (SSSR count). The molecule has 0 bridgehead atoms. The lowest BCUT2D eigenvalue weighted by Crippen LogP contribution is -2.30. The van der Waals surface area contributed by atoms with Crippen molar-refractivity contribution >= 4 is 6.29 Å². The molecule has 0 saturated carbocycles. The van der Waals surface area contributed by atoms with E-state index < -0.39 is 12.2 Å². The summed E-state index contributed by atoms with van der Waals surface area (Å²) in [6.07, 6.45) is -1.05. The second-order valence-electron chi connectivity index (χ2n) is 5.19. The molecule has 2 unspecified atom stereocenters. The average Bonchev–Trinajstić information content (AvgIpc) is 2.48. The molecule has 4 N–H and O–H groups in total. The standard InChI is InChI=1S/C16H14O6/c17-7-9-3-8(1-2-12(9)19)16-14(21)6-11-13(20)4-10(18)5-15(11)22-16/h1-5,7,14,16,18-21H,6H2. The summed E-state index contributed by atoms with van der Waals surface area (Å²) in [5.41, 5.74) is 1.02. The van der Waals surface area contributed by atoms with Gasteiger partial charge in [-0.15, -0.1) is 0 Å². The van der Waals surface area contributed by atoms with Gasteiger partial charge < -0.3 is 25.2 Å². The van der Waals surface area contributed by atoms with Gasteiger partial charge in [-0.2, -0.15) is 0 Å². The number of carbonyl (C=O) groups is 1.